The normalized spacial score (nSPS) is 10.5. The predicted molar refractivity (Wildman–Crippen MR) is 81.9 cm³/mol. The number of rotatable bonds is 3. The molecule has 0 heterocycles. The van der Waals surface area contributed by atoms with Gasteiger partial charge in [-0.3, -0.25) is 9.59 Å². The smallest absolute Gasteiger partial charge is 0.318 e. The van der Waals surface area contributed by atoms with Crippen molar-refractivity contribution in [1.82, 2.24) is 5.43 Å². The minimum absolute atomic E-state index is 0.362. The molecule has 2 amide bonds. The van der Waals surface area contributed by atoms with Crippen LogP contribution in [0, 0.1) is 12.7 Å². The lowest BCUT2D eigenvalue weighted by atomic mass is 10.2. The number of carbonyl (C=O) groups excluding carboxylic acids is 2. The number of hydrogen-bond donors (Lipinski definition) is 2. The van der Waals surface area contributed by atoms with Crippen LogP contribution in [0.25, 0.3) is 0 Å². The van der Waals surface area contributed by atoms with Gasteiger partial charge in [0.1, 0.15) is 5.82 Å². The fourth-order valence-electron chi connectivity index (χ4n) is 1.59. The molecular formula is C16H14FN3O2. The SMILES string of the molecule is Cc1ccc(NC(=O)C(=O)N/N=C\c2ccc(F)cc2)cc1. The van der Waals surface area contributed by atoms with E-state index in [0.29, 0.717) is 11.3 Å². The monoisotopic (exact) mass is 299 g/mol. The lowest BCUT2D eigenvalue weighted by Gasteiger charge is -2.04. The van der Waals surface area contributed by atoms with Gasteiger partial charge in [0.2, 0.25) is 0 Å². The molecule has 0 aliphatic carbocycles. The molecule has 0 saturated heterocycles. The van der Waals surface area contributed by atoms with E-state index in [1.54, 1.807) is 12.1 Å². The first-order valence-electron chi connectivity index (χ1n) is 6.51. The average molecular weight is 299 g/mol. The Labute approximate surface area is 126 Å². The Morgan fingerprint density at radius 3 is 2.27 bits per heavy atom. The van der Waals surface area contributed by atoms with Crippen LogP contribution < -0.4 is 10.7 Å². The summed E-state index contributed by atoms with van der Waals surface area (Å²) >= 11 is 0. The summed E-state index contributed by atoms with van der Waals surface area (Å²) in [7, 11) is 0. The van der Waals surface area contributed by atoms with Crippen molar-refractivity contribution in [3.05, 3.63) is 65.5 Å². The molecule has 0 bridgehead atoms. The molecule has 2 aromatic rings. The summed E-state index contributed by atoms with van der Waals surface area (Å²) in [6.45, 7) is 1.92. The Bertz CT molecular complexity index is 694. The Balaban J connectivity index is 1.87. The van der Waals surface area contributed by atoms with Gasteiger partial charge in [-0.25, -0.2) is 9.82 Å². The lowest BCUT2D eigenvalue weighted by Crippen LogP contribution is -2.32. The molecule has 0 atom stereocenters. The molecule has 5 nitrogen and oxygen atoms in total. The van der Waals surface area contributed by atoms with Crippen molar-refractivity contribution in [3.8, 4) is 0 Å². The number of nitrogens with one attached hydrogen (secondary N) is 2. The standard InChI is InChI=1S/C16H14FN3O2/c1-11-2-8-14(9-3-11)19-15(21)16(22)20-18-10-12-4-6-13(17)7-5-12/h2-10H,1H3,(H,19,21)(H,20,22)/b18-10-. The van der Waals surface area contributed by atoms with Crippen molar-refractivity contribution < 1.29 is 14.0 Å². The first kappa shape index (κ1) is 15.4. The molecule has 0 fully saturated rings. The second-order valence-corrected chi connectivity index (χ2v) is 4.57. The molecule has 0 unspecified atom stereocenters. The minimum atomic E-state index is -0.890. The molecule has 0 aliphatic rings. The van der Waals surface area contributed by atoms with Crippen LogP contribution in [0.1, 0.15) is 11.1 Å². The number of hydrazone groups is 1. The van der Waals surface area contributed by atoms with Crippen molar-refractivity contribution in [2.75, 3.05) is 5.32 Å². The van der Waals surface area contributed by atoms with Gasteiger partial charge in [0.05, 0.1) is 6.21 Å². The van der Waals surface area contributed by atoms with E-state index in [2.05, 4.69) is 15.8 Å². The average Bonchev–Trinajstić information content (AvgIpc) is 2.51. The fourth-order valence-corrected chi connectivity index (χ4v) is 1.59. The summed E-state index contributed by atoms with van der Waals surface area (Å²) < 4.78 is 12.7. The number of carbonyl (C=O) groups is 2. The third kappa shape index (κ3) is 4.52. The maximum atomic E-state index is 12.7. The molecule has 0 aliphatic heterocycles. The summed E-state index contributed by atoms with van der Waals surface area (Å²) in [6, 6.07) is 12.6. The molecule has 22 heavy (non-hydrogen) atoms. The van der Waals surface area contributed by atoms with Gasteiger partial charge in [-0.05, 0) is 36.8 Å². The second-order valence-electron chi connectivity index (χ2n) is 4.57. The fraction of sp³-hybridized carbons (Fsp3) is 0.0625. The highest BCUT2D eigenvalue weighted by atomic mass is 19.1. The first-order chi connectivity index (χ1) is 10.5. The number of aryl methyl sites for hydroxylation is 1. The molecule has 2 N–H and O–H groups in total. The molecule has 2 aromatic carbocycles. The zero-order chi connectivity index (χ0) is 15.9. The Kier molecular flexibility index (Phi) is 4.98. The zero-order valence-corrected chi connectivity index (χ0v) is 11.8. The molecular weight excluding hydrogens is 285 g/mol. The van der Waals surface area contributed by atoms with Gasteiger partial charge in [0.15, 0.2) is 0 Å². The molecule has 112 valence electrons. The molecule has 0 saturated carbocycles. The number of anilines is 1. The first-order valence-corrected chi connectivity index (χ1v) is 6.51. The van der Waals surface area contributed by atoms with Crippen molar-refractivity contribution in [2.45, 2.75) is 6.92 Å². The van der Waals surface area contributed by atoms with Gasteiger partial charge in [-0.2, -0.15) is 5.10 Å². The third-order valence-corrected chi connectivity index (χ3v) is 2.77. The molecule has 0 spiro atoms. The van der Waals surface area contributed by atoms with Crippen molar-refractivity contribution in [2.24, 2.45) is 5.10 Å². The van der Waals surface area contributed by atoms with Gasteiger partial charge in [-0.1, -0.05) is 29.8 Å². The van der Waals surface area contributed by atoms with Crippen LogP contribution in [0.15, 0.2) is 53.6 Å². The molecule has 0 radical (unpaired) electrons. The Morgan fingerprint density at radius 2 is 1.64 bits per heavy atom. The zero-order valence-electron chi connectivity index (χ0n) is 11.8. The lowest BCUT2D eigenvalue weighted by molar-refractivity contribution is -0.136. The minimum Gasteiger partial charge on any atom is -0.318 e. The van der Waals surface area contributed by atoms with Crippen LogP contribution in [-0.4, -0.2) is 18.0 Å². The van der Waals surface area contributed by atoms with Crippen LogP contribution in [0.5, 0.6) is 0 Å². The highest BCUT2D eigenvalue weighted by Gasteiger charge is 2.12. The number of benzene rings is 2. The maximum absolute atomic E-state index is 12.7. The van der Waals surface area contributed by atoms with Crippen LogP contribution in [0.3, 0.4) is 0 Å². The number of nitrogens with zero attached hydrogens (tertiary/aromatic N) is 1. The van der Waals surface area contributed by atoms with Gasteiger partial charge in [-0.15, -0.1) is 0 Å². The van der Waals surface area contributed by atoms with E-state index in [9.17, 15) is 14.0 Å². The molecule has 6 heteroatoms. The second kappa shape index (κ2) is 7.12. The van der Waals surface area contributed by atoms with Crippen LogP contribution in [0.2, 0.25) is 0 Å². The largest absolute Gasteiger partial charge is 0.329 e. The van der Waals surface area contributed by atoms with Crippen LogP contribution >= 0.6 is 0 Å². The summed E-state index contributed by atoms with van der Waals surface area (Å²) in [6.07, 6.45) is 1.32. The van der Waals surface area contributed by atoms with Crippen LogP contribution in [0.4, 0.5) is 10.1 Å². The Morgan fingerprint density at radius 1 is 1.00 bits per heavy atom. The predicted octanol–water partition coefficient (Wildman–Crippen LogP) is 2.22. The molecule has 0 aromatic heterocycles. The van der Waals surface area contributed by atoms with E-state index in [-0.39, 0.29) is 5.82 Å². The van der Waals surface area contributed by atoms with Gasteiger partial charge in [0.25, 0.3) is 0 Å². The van der Waals surface area contributed by atoms with E-state index in [4.69, 9.17) is 0 Å². The highest BCUT2D eigenvalue weighted by Crippen LogP contribution is 2.08. The summed E-state index contributed by atoms with van der Waals surface area (Å²) in [5, 5.41) is 6.09. The Hall–Kier alpha value is -3.02. The van der Waals surface area contributed by atoms with E-state index in [1.807, 2.05) is 19.1 Å². The third-order valence-electron chi connectivity index (χ3n) is 2.77. The number of halogens is 1. The molecule has 2 rings (SSSR count). The number of amides is 2. The van der Waals surface area contributed by atoms with Gasteiger partial charge in [0, 0.05) is 5.69 Å². The topological polar surface area (TPSA) is 70.6 Å². The highest BCUT2D eigenvalue weighted by molar-refractivity contribution is 6.39. The quantitative estimate of drug-likeness (QED) is 0.518. The summed E-state index contributed by atoms with van der Waals surface area (Å²) in [4.78, 5) is 23.2. The van der Waals surface area contributed by atoms with Gasteiger partial charge >= 0.3 is 11.8 Å². The van der Waals surface area contributed by atoms with Crippen LogP contribution in [-0.2, 0) is 9.59 Å². The van der Waals surface area contributed by atoms with E-state index in [0.717, 1.165) is 5.56 Å². The van der Waals surface area contributed by atoms with E-state index >= 15 is 0 Å². The summed E-state index contributed by atoms with van der Waals surface area (Å²) in [5.74, 6) is -2.07. The van der Waals surface area contributed by atoms with E-state index in [1.165, 1.54) is 30.5 Å². The van der Waals surface area contributed by atoms with Crippen molar-refractivity contribution >= 4 is 23.7 Å². The number of hydrogen-bond acceptors (Lipinski definition) is 3. The summed E-state index contributed by atoms with van der Waals surface area (Å²) in [5.41, 5.74) is 4.27. The van der Waals surface area contributed by atoms with Gasteiger partial charge < -0.3 is 5.32 Å². The van der Waals surface area contributed by atoms with E-state index < -0.39 is 11.8 Å². The van der Waals surface area contributed by atoms with Crippen molar-refractivity contribution in [1.29, 1.82) is 0 Å². The van der Waals surface area contributed by atoms with Crippen molar-refractivity contribution in [3.63, 3.8) is 0 Å². The maximum Gasteiger partial charge on any atom is 0.329 e.